The Labute approximate surface area is 131 Å². The number of ether oxygens (including phenoxy) is 2. The van der Waals surface area contributed by atoms with Gasteiger partial charge < -0.3 is 19.6 Å². The summed E-state index contributed by atoms with van der Waals surface area (Å²) < 4.78 is 11.0. The normalized spacial score (nSPS) is 13.0. The first-order valence-corrected chi connectivity index (χ1v) is 8.49. The minimum absolute atomic E-state index is 0.0988. The number of hydrogen-bond acceptors (Lipinski definition) is 4. The van der Waals surface area contributed by atoms with Crippen molar-refractivity contribution in [2.24, 2.45) is 0 Å². The van der Waals surface area contributed by atoms with Crippen molar-refractivity contribution in [1.82, 2.24) is 5.32 Å². The van der Waals surface area contributed by atoms with E-state index in [0.717, 1.165) is 25.9 Å². The van der Waals surface area contributed by atoms with E-state index in [1.165, 1.54) is 32.1 Å². The van der Waals surface area contributed by atoms with Gasteiger partial charge in [0.05, 0.1) is 12.2 Å². The predicted molar refractivity (Wildman–Crippen MR) is 87.7 cm³/mol. The van der Waals surface area contributed by atoms with E-state index < -0.39 is 0 Å². The lowest BCUT2D eigenvalue weighted by molar-refractivity contribution is -0.120. The Bertz CT molecular complexity index is 232. The van der Waals surface area contributed by atoms with Crippen LogP contribution in [0.15, 0.2) is 0 Å². The average Bonchev–Trinajstić information content (AvgIpc) is 2.42. The molecule has 0 aromatic rings. The molecule has 0 amide bonds. The van der Waals surface area contributed by atoms with Gasteiger partial charge in [-0.1, -0.05) is 25.7 Å². The summed E-state index contributed by atoms with van der Waals surface area (Å²) in [6, 6.07) is 0. The zero-order chi connectivity index (χ0) is 15.9. The molecule has 0 radical (unpaired) electrons. The molecule has 0 rings (SSSR count). The van der Waals surface area contributed by atoms with Crippen LogP contribution in [0.1, 0.15) is 66.2 Å². The van der Waals surface area contributed by atoms with Crippen molar-refractivity contribution in [2.75, 3.05) is 19.7 Å². The van der Waals surface area contributed by atoms with E-state index in [1.54, 1.807) is 0 Å². The van der Waals surface area contributed by atoms with E-state index >= 15 is 0 Å². The maximum absolute atomic E-state index is 10.8. The van der Waals surface area contributed by atoms with Gasteiger partial charge in [0, 0.05) is 13.2 Å². The molecule has 1 N–H and O–H groups in total. The highest BCUT2D eigenvalue weighted by atomic mass is 16.5. The topological polar surface area (TPSA) is 47.6 Å². The lowest BCUT2D eigenvalue weighted by atomic mass is 10.1. The van der Waals surface area contributed by atoms with Crippen LogP contribution >= 0.6 is 0 Å². The van der Waals surface area contributed by atoms with Crippen molar-refractivity contribution in [3.8, 4) is 0 Å². The highest BCUT2D eigenvalue weighted by Gasteiger charge is 2.08. The summed E-state index contributed by atoms with van der Waals surface area (Å²) in [6.07, 6.45) is 8.42. The Kier molecular flexibility index (Phi) is 14.2. The summed E-state index contributed by atoms with van der Waals surface area (Å²) in [5, 5.41) is 3.29. The van der Waals surface area contributed by atoms with Gasteiger partial charge in [0.1, 0.15) is 12.4 Å². The van der Waals surface area contributed by atoms with Crippen LogP contribution < -0.4 is 5.32 Å². The molecular weight excluding hydrogens is 266 g/mol. The summed E-state index contributed by atoms with van der Waals surface area (Å²) in [5.74, 6) is 0. The summed E-state index contributed by atoms with van der Waals surface area (Å²) in [6.45, 7) is 10.5. The van der Waals surface area contributed by atoms with Gasteiger partial charge >= 0.3 is 0 Å². The highest BCUT2D eigenvalue weighted by molar-refractivity contribution is 5.56. The van der Waals surface area contributed by atoms with Crippen LogP contribution in [0.25, 0.3) is 0 Å². The molecule has 0 aliphatic rings. The summed E-state index contributed by atoms with van der Waals surface area (Å²) >= 11 is 0. The van der Waals surface area contributed by atoms with Crippen LogP contribution in [0.4, 0.5) is 0 Å². The predicted octanol–water partition coefficient (Wildman–Crippen LogP) is 3.33. The molecule has 0 fully saturated rings. The molecule has 0 saturated heterocycles. The van der Waals surface area contributed by atoms with E-state index in [9.17, 15) is 4.79 Å². The first kappa shape index (κ1) is 20.6. The lowest BCUT2D eigenvalue weighted by Gasteiger charge is -2.15. The zero-order valence-electron chi connectivity index (χ0n) is 14.4. The van der Waals surface area contributed by atoms with Crippen LogP contribution in [-0.4, -0.2) is 44.3 Å². The van der Waals surface area contributed by atoms with Crippen molar-refractivity contribution in [2.45, 2.75) is 84.5 Å². The second kappa shape index (κ2) is 14.5. The van der Waals surface area contributed by atoms with Crippen LogP contribution in [0, 0.1) is 0 Å². The third-order valence-electron chi connectivity index (χ3n) is 3.14. The average molecular weight is 301 g/mol. The molecule has 4 nitrogen and oxygen atoms in total. The molecule has 1 unspecified atom stereocenters. The Morgan fingerprint density at radius 1 is 0.905 bits per heavy atom. The van der Waals surface area contributed by atoms with Gasteiger partial charge in [-0.2, -0.15) is 0 Å². The Balaban J connectivity index is 3.23. The third kappa shape index (κ3) is 15.8. The van der Waals surface area contributed by atoms with Gasteiger partial charge in [-0.05, 0) is 47.1 Å². The van der Waals surface area contributed by atoms with Crippen LogP contribution in [0.5, 0.6) is 0 Å². The second-order valence-electron chi connectivity index (χ2n) is 6.10. The first-order chi connectivity index (χ1) is 10.1. The number of hydrogen-bond donors (Lipinski definition) is 1. The van der Waals surface area contributed by atoms with Crippen LogP contribution in [0.3, 0.4) is 0 Å². The van der Waals surface area contributed by atoms with Gasteiger partial charge in [0.15, 0.2) is 0 Å². The lowest BCUT2D eigenvalue weighted by Crippen LogP contribution is -2.32. The number of unbranched alkanes of at least 4 members (excludes halogenated alkanes) is 5. The minimum Gasteiger partial charge on any atom is -0.379 e. The molecular formula is C17H35NO3. The van der Waals surface area contributed by atoms with Gasteiger partial charge in [0.2, 0.25) is 0 Å². The number of aldehydes is 1. The molecule has 4 heteroatoms. The molecule has 0 bridgehead atoms. The summed E-state index contributed by atoms with van der Waals surface area (Å²) in [7, 11) is 0. The summed E-state index contributed by atoms with van der Waals surface area (Å²) in [5.41, 5.74) is 0. The van der Waals surface area contributed by atoms with Crippen molar-refractivity contribution < 1.29 is 14.3 Å². The zero-order valence-corrected chi connectivity index (χ0v) is 14.4. The molecule has 0 aliphatic carbocycles. The molecule has 126 valence electrons. The van der Waals surface area contributed by atoms with Crippen LogP contribution in [0.2, 0.25) is 0 Å². The fourth-order valence-corrected chi connectivity index (χ4v) is 2.10. The Morgan fingerprint density at radius 2 is 1.52 bits per heavy atom. The number of carbonyl (C=O) groups is 1. The van der Waals surface area contributed by atoms with Crippen molar-refractivity contribution in [1.29, 1.82) is 0 Å². The van der Waals surface area contributed by atoms with Crippen LogP contribution in [-0.2, 0) is 14.3 Å². The SMILES string of the molecule is CC(C)OCCCCCCCCNCC(C=O)OC(C)C. The van der Waals surface area contributed by atoms with E-state index in [0.29, 0.717) is 12.6 Å². The standard InChI is InChI=1S/C17H35NO3/c1-15(2)20-12-10-8-6-5-7-9-11-18-13-17(14-19)21-16(3)4/h14-18H,5-13H2,1-4H3. The van der Waals surface area contributed by atoms with Crippen molar-refractivity contribution in [3.05, 3.63) is 0 Å². The largest absolute Gasteiger partial charge is 0.379 e. The van der Waals surface area contributed by atoms with E-state index in [4.69, 9.17) is 9.47 Å². The molecule has 0 spiro atoms. The molecule has 0 aromatic carbocycles. The summed E-state index contributed by atoms with van der Waals surface area (Å²) in [4.78, 5) is 10.8. The van der Waals surface area contributed by atoms with Gasteiger partial charge in [0.25, 0.3) is 0 Å². The van der Waals surface area contributed by atoms with E-state index in [2.05, 4.69) is 19.2 Å². The van der Waals surface area contributed by atoms with E-state index in [-0.39, 0.29) is 12.2 Å². The smallest absolute Gasteiger partial charge is 0.150 e. The van der Waals surface area contributed by atoms with Gasteiger partial charge in [-0.3, -0.25) is 0 Å². The molecule has 0 saturated carbocycles. The minimum atomic E-state index is -0.314. The third-order valence-corrected chi connectivity index (χ3v) is 3.14. The maximum atomic E-state index is 10.8. The number of carbonyl (C=O) groups excluding carboxylic acids is 1. The monoisotopic (exact) mass is 301 g/mol. The number of nitrogens with one attached hydrogen (secondary N) is 1. The Hall–Kier alpha value is -0.450. The molecule has 0 heterocycles. The second-order valence-corrected chi connectivity index (χ2v) is 6.10. The molecule has 0 aliphatic heterocycles. The van der Waals surface area contributed by atoms with Crippen molar-refractivity contribution in [3.63, 3.8) is 0 Å². The fourth-order valence-electron chi connectivity index (χ4n) is 2.10. The fraction of sp³-hybridized carbons (Fsp3) is 0.941. The quantitative estimate of drug-likeness (QED) is 0.372. The molecule has 21 heavy (non-hydrogen) atoms. The Morgan fingerprint density at radius 3 is 2.10 bits per heavy atom. The molecule has 0 aromatic heterocycles. The first-order valence-electron chi connectivity index (χ1n) is 8.49. The van der Waals surface area contributed by atoms with E-state index in [1.807, 2.05) is 13.8 Å². The van der Waals surface area contributed by atoms with Gasteiger partial charge in [-0.15, -0.1) is 0 Å². The van der Waals surface area contributed by atoms with Gasteiger partial charge in [-0.25, -0.2) is 0 Å². The highest BCUT2D eigenvalue weighted by Crippen LogP contribution is 2.05. The molecule has 1 atom stereocenters. The number of rotatable bonds is 15. The maximum Gasteiger partial charge on any atom is 0.150 e. The van der Waals surface area contributed by atoms with Crippen molar-refractivity contribution >= 4 is 6.29 Å².